The lowest BCUT2D eigenvalue weighted by atomic mass is 10.1. The maximum absolute atomic E-state index is 10.4. The third kappa shape index (κ3) is 10.8. The summed E-state index contributed by atoms with van der Waals surface area (Å²) in [5, 5.41) is 96.1. The van der Waals surface area contributed by atoms with E-state index in [1.165, 1.54) is 48.5 Å². The second-order valence-corrected chi connectivity index (χ2v) is 20.0. The van der Waals surface area contributed by atoms with Crippen molar-refractivity contribution in [3.05, 3.63) is 230 Å². The fraction of sp³-hybridized carbons (Fsp3) is 0.0312. The highest BCUT2D eigenvalue weighted by Crippen LogP contribution is 2.36. The number of allylic oxidation sites excluding steroid dienone is 1. The summed E-state index contributed by atoms with van der Waals surface area (Å²) in [5.41, 5.74) is 0.146. The van der Waals surface area contributed by atoms with Crippen LogP contribution in [0, 0.1) is 153 Å². The van der Waals surface area contributed by atoms with Gasteiger partial charge in [-0.05, 0) is 48.5 Å². The van der Waals surface area contributed by atoms with Crippen molar-refractivity contribution in [2.75, 3.05) is 0 Å². The van der Waals surface area contributed by atoms with Gasteiger partial charge in [-0.15, -0.1) is 0 Å². The minimum Gasteiger partial charge on any atom is -0.435 e. The quantitative estimate of drug-likeness (QED) is 0.127. The van der Waals surface area contributed by atoms with Crippen LogP contribution in [-0.4, -0.2) is 79.7 Å². The monoisotopic (exact) mass is 1320 g/mol. The molecule has 0 saturated carbocycles. The Balaban J connectivity index is 0.000000182. The molecule has 2 atom stereocenters. The van der Waals surface area contributed by atoms with Crippen molar-refractivity contribution in [1.82, 2.24) is 79.7 Å². The van der Waals surface area contributed by atoms with Gasteiger partial charge in [-0.25, -0.2) is 106 Å². The zero-order valence-corrected chi connectivity index (χ0v) is 49.8. The Morgan fingerprint density at radius 1 is 0.412 bits per heavy atom. The van der Waals surface area contributed by atoms with Gasteiger partial charge in [-0.3, -0.25) is 4.85 Å². The lowest BCUT2D eigenvalue weighted by molar-refractivity contribution is 0.607. The highest BCUT2D eigenvalue weighted by Gasteiger charge is 2.33. The molecule has 0 aliphatic carbocycles. The standard InChI is InChI=1S/C34H10N16O.C30H2N20O/c1-40-20-8-25-24(6-17(20)12-37)45-31(46-25)28(42-3)32-48-30(19(14-39)29-43-22-4-15(10-35)16(11-36)5-23(22)44-29)49-33(50-32)34-47-26-7-18(13-38)21(41-2)9-27(26)51-34;1-36-13-5-18-14(4-11(13)6-31)42-30(51-18)29-46-20(12(7-32)21-44-25-26(45-21)40-16(9-34)15(8-33)39-25)43-23(50-29)19(37-2)24-48-27-28(49-24)47-22(38-3)17(10-35)41-27/h4-9,19,28H,(H,43,44)(H,45,46);4-5H/b;24-19-. The summed E-state index contributed by atoms with van der Waals surface area (Å²) in [6.07, 6.45) is 0. The normalized spacial score (nSPS) is 12.1. The molecule has 0 bridgehead atoms. The molecule has 8 aromatic heterocycles. The van der Waals surface area contributed by atoms with Crippen LogP contribution in [0.25, 0.3) is 108 Å². The highest BCUT2D eigenvalue weighted by atomic mass is 16.4. The molecule has 2 N–H and O–H groups in total. The predicted molar refractivity (Wildman–Crippen MR) is 331 cm³/mol. The van der Waals surface area contributed by atoms with E-state index in [2.05, 4.69) is 135 Å². The molecule has 460 valence electrons. The Labute approximate surface area is 563 Å². The molecule has 0 spiro atoms. The first kappa shape index (κ1) is 62.3. The van der Waals surface area contributed by atoms with Crippen LogP contribution in [-0.2, 0) is 0 Å². The first-order chi connectivity index (χ1) is 49.7. The molecule has 12 aromatic rings. The van der Waals surface area contributed by atoms with Gasteiger partial charge in [-0.1, -0.05) is 11.6 Å². The number of oxazole rings is 2. The largest absolute Gasteiger partial charge is 0.435 e. The van der Waals surface area contributed by atoms with Crippen molar-refractivity contribution < 1.29 is 8.83 Å². The lowest BCUT2D eigenvalue weighted by Crippen LogP contribution is -2.31. The fourth-order valence-electron chi connectivity index (χ4n) is 9.69. The Bertz CT molecular complexity index is 6410. The van der Waals surface area contributed by atoms with E-state index in [4.69, 9.17) is 48.3 Å². The van der Waals surface area contributed by atoms with Gasteiger partial charge in [0.05, 0.1) is 100 Å². The van der Waals surface area contributed by atoms with Crippen LogP contribution in [0.3, 0.4) is 0 Å². The molecule has 4 aromatic carbocycles. The number of benzene rings is 4. The van der Waals surface area contributed by atoms with Crippen LogP contribution in [0.15, 0.2) is 89.0 Å². The van der Waals surface area contributed by atoms with Gasteiger partial charge in [-0.2, -0.15) is 57.6 Å². The number of imidazole rings is 2. The summed E-state index contributed by atoms with van der Waals surface area (Å²) in [6.45, 7) is 45.5. The zero-order valence-electron chi connectivity index (χ0n) is 49.8. The number of nitrogens with one attached hydrogen (secondary N) is 2. The van der Waals surface area contributed by atoms with Crippen LogP contribution in [0.4, 0.5) is 22.9 Å². The Hall–Kier alpha value is -18.5. The number of hydrogen-bond acceptors (Lipinski definition) is 30. The third-order valence-electron chi connectivity index (χ3n) is 14.3. The molecule has 2 unspecified atom stereocenters. The zero-order chi connectivity index (χ0) is 71.6. The molecule has 102 heavy (non-hydrogen) atoms. The van der Waals surface area contributed by atoms with Gasteiger partial charge < -0.3 is 23.6 Å². The molecule has 10 heterocycles. The Morgan fingerprint density at radius 2 is 0.882 bits per heavy atom. The number of hydrogen-bond donors (Lipinski definition) is 2. The van der Waals surface area contributed by atoms with Crippen molar-refractivity contribution >= 4 is 78.4 Å². The summed E-state index contributed by atoms with van der Waals surface area (Å²) in [5.74, 6) is -4.26. The van der Waals surface area contributed by atoms with E-state index >= 15 is 0 Å². The second kappa shape index (κ2) is 25.2. The van der Waals surface area contributed by atoms with Crippen molar-refractivity contribution in [3.8, 4) is 84.1 Å². The number of H-pyrrole nitrogens is 2. The van der Waals surface area contributed by atoms with Crippen LogP contribution in [0.1, 0.15) is 91.8 Å². The summed E-state index contributed by atoms with van der Waals surface area (Å²) in [7, 11) is 0. The number of aromatic nitrogens is 16. The van der Waals surface area contributed by atoms with Crippen molar-refractivity contribution in [2.24, 2.45) is 20.0 Å². The number of rotatable bonds is 8. The molecular weight excluding hydrogens is 1300 g/mol. The Kier molecular flexibility index (Phi) is 15.4. The van der Waals surface area contributed by atoms with E-state index in [0.29, 0.717) is 22.1 Å². The van der Waals surface area contributed by atoms with Gasteiger partial charge in [0, 0.05) is 0 Å². The second-order valence-electron chi connectivity index (χ2n) is 20.0. The van der Waals surface area contributed by atoms with E-state index in [9.17, 15) is 52.6 Å². The summed E-state index contributed by atoms with van der Waals surface area (Å²) < 4.78 is 11.7. The van der Waals surface area contributed by atoms with Gasteiger partial charge in [0.15, 0.2) is 57.9 Å². The third-order valence-corrected chi connectivity index (χ3v) is 14.3. The van der Waals surface area contributed by atoms with E-state index in [-0.39, 0.29) is 170 Å². The molecule has 14 rings (SSSR count). The van der Waals surface area contributed by atoms with Gasteiger partial charge in [0.1, 0.15) is 70.0 Å². The number of fused-ring (bicyclic) bond motifs is 6. The molecule has 0 radical (unpaired) electrons. The SMILES string of the molecule is [C-]#[N+]/C(=C1/N=c2nc(C#N)c([N+]#[C-])nc2=N1)c1nc(C(C#N)=C2N=c3nc(C#N)c(C#N)nc3=N2)nc(-c2nc3cc(C#N)c([N+]#[C-])cc3o2)n1.[C-]#[N+]c1cc2[nH]c(C([N+]#[C-])c3nc(-c4nc5cc(C#N)c([N+]#[C-])cc5o4)nc(C(C#N)c4nc5cc(C#N)c(C#N)cc5[nH]4)n3)nc2cc1C#N. The number of nitrogens with zero attached hydrogens (tertiary/aromatic N) is 34. The first-order valence-electron chi connectivity index (χ1n) is 27.6. The van der Waals surface area contributed by atoms with Gasteiger partial charge in [0.25, 0.3) is 23.0 Å². The topological polar surface area (TPSA) is 552 Å². The highest BCUT2D eigenvalue weighted by molar-refractivity contribution is 5.87. The van der Waals surface area contributed by atoms with E-state index in [0.717, 1.165) is 0 Å². The average Bonchev–Trinajstić information content (AvgIpc) is 1.61. The van der Waals surface area contributed by atoms with Crippen LogP contribution in [0.2, 0.25) is 0 Å². The van der Waals surface area contributed by atoms with Crippen LogP contribution < -0.4 is 22.0 Å². The fourth-order valence-corrected chi connectivity index (χ4v) is 9.69. The number of aromatic amines is 2. The average molecular weight is 1320 g/mol. The summed E-state index contributed by atoms with van der Waals surface area (Å²) >= 11 is 0. The maximum atomic E-state index is 10.4. The predicted octanol–water partition coefficient (Wildman–Crippen LogP) is 6.18. The van der Waals surface area contributed by atoms with Crippen molar-refractivity contribution in [3.63, 3.8) is 0 Å². The smallest absolute Gasteiger partial charge is 0.338 e. The van der Waals surface area contributed by atoms with E-state index in [1.807, 2.05) is 36.4 Å². The molecule has 38 heteroatoms. The summed E-state index contributed by atoms with van der Waals surface area (Å²) in [6, 6.07) is 28.6. The molecule has 2 aliphatic rings. The van der Waals surface area contributed by atoms with Gasteiger partial charge >= 0.3 is 11.9 Å². The van der Waals surface area contributed by atoms with Crippen molar-refractivity contribution in [1.29, 1.82) is 52.6 Å². The van der Waals surface area contributed by atoms with E-state index < -0.39 is 34.9 Å². The summed E-state index contributed by atoms with van der Waals surface area (Å²) in [4.78, 5) is 103. The van der Waals surface area contributed by atoms with Crippen LogP contribution in [0.5, 0.6) is 0 Å². The van der Waals surface area contributed by atoms with Crippen LogP contribution >= 0.6 is 0 Å². The molecule has 0 fully saturated rings. The minimum atomic E-state index is -1.32. The minimum absolute atomic E-state index is 0.00113. The molecule has 38 nitrogen and oxygen atoms in total. The first-order valence-corrected chi connectivity index (χ1v) is 27.6. The van der Waals surface area contributed by atoms with Gasteiger partial charge in [0.2, 0.25) is 51.0 Å². The molecule has 2 aliphatic heterocycles. The van der Waals surface area contributed by atoms with Crippen molar-refractivity contribution in [2.45, 2.75) is 12.0 Å². The lowest BCUT2D eigenvalue weighted by Gasteiger charge is -2.09. The number of nitriles is 10. The van der Waals surface area contributed by atoms with E-state index in [1.54, 1.807) is 18.2 Å². The Morgan fingerprint density at radius 3 is 1.40 bits per heavy atom. The molecule has 0 amide bonds. The molecular formula is C64H12N36O2. The molecule has 0 saturated heterocycles. The maximum Gasteiger partial charge on any atom is 0.338 e.